The summed E-state index contributed by atoms with van der Waals surface area (Å²) in [5, 5.41) is 26.4. The van der Waals surface area contributed by atoms with E-state index in [0.29, 0.717) is 12.2 Å². The van der Waals surface area contributed by atoms with E-state index >= 15 is 0 Å². The lowest BCUT2D eigenvalue weighted by molar-refractivity contribution is -0.347. The summed E-state index contributed by atoms with van der Waals surface area (Å²) >= 11 is 1.13. The van der Waals surface area contributed by atoms with Crippen LogP contribution in [0.25, 0.3) is 11.2 Å². The molecular formula is C31H50N7O17P3S-4. The second kappa shape index (κ2) is 22.6. The van der Waals surface area contributed by atoms with Crippen molar-refractivity contribution < 1.29 is 80.5 Å². The minimum Gasteiger partial charge on any atom is -0.790 e. The molecule has 6 N–H and O–H groups in total. The standard InChI is InChI=1S/C31H54N7O17P3S/c1-5-6-7-8-9-19(2)14-22(40)59-13-12-33-21(39)10-11-34-29(43)26(42)31(3,4)16-52-58(49,50)55-57(47,48)51-15-20-25(54-56(44,45)46)24(41)30(53-20)38-18-37-23-27(32)35-17-36-28(23)38/h17-20,24-26,30,41-42H,5-16H2,1-4H3,(H,33,39)(H,34,43)(H,47,48)(H,49,50)(H2,32,35,36)(H2,44,45,46)/p-4/t19?,20-,24-,25-,26+,30-/m1/s1. The molecule has 0 aliphatic carbocycles. The summed E-state index contributed by atoms with van der Waals surface area (Å²) in [5.41, 5.74) is 4.08. The van der Waals surface area contributed by atoms with Gasteiger partial charge in [0.1, 0.15) is 36.3 Å². The van der Waals surface area contributed by atoms with Crippen molar-refractivity contribution in [2.75, 3.05) is 37.8 Å². The third-order valence-electron chi connectivity index (χ3n) is 8.81. The summed E-state index contributed by atoms with van der Waals surface area (Å²) in [6.07, 6.45) is -1.57. The number of amides is 2. The van der Waals surface area contributed by atoms with Gasteiger partial charge in [-0.05, 0) is 5.92 Å². The maximum atomic E-state index is 12.6. The summed E-state index contributed by atoms with van der Waals surface area (Å²) in [5.74, 6) is -0.865. The van der Waals surface area contributed by atoms with Crippen LogP contribution in [0.2, 0.25) is 0 Å². The Morgan fingerprint density at radius 1 is 1.05 bits per heavy atom. The van der Waals surface area contributed by atoms with Crippen molar-refractivity contribution in [3.8, 4) is 0 Å². The Morgan fingerprint density at radius 2 is 1.75 bits per heavy atom. The van der Waals surface area contributed by atoms with Crippen LogP contribution in [-0.4, -0.2) is 103 Å². The van der Waals surface area contributed by atoms with Gasteiger partial charge < -0.3 is 69.0 Å². The number of nitrogens with two attached hydrogens (primary N) is 1. The van der Waals surface area contributed by atoms with Crippen LogP contribution in [0.1, 0.15) is 78.9 Å². The van der Waals surface area contributed by atoms with Gasteiger partial charge in [0.2, 0.25) is 11.8 Å². The zero-order valence-corrected chi connectivity index (χ0v) is 36.2. The van der Waals surface area contributed by atoms with E-state index in [1.165, 1.54) is 20.3 Å². The zero-order valence-electron chi connectivity index (χ0n) is 32.7. The van der Waals surface area contributed by atoms with Crippen LogP contribution in [0, 0.1) is 11.3 Å². The second-order valence-corrected chi connectivity index (χ2v) is 19.6. The highest BCUT2D eigenvalue weighted by Crippen LogP contribution is 2.56. The van der Waals surface area contributed by atoms with Gasteiger partial charge in [-0.3, -0.25) is 28.1 Å². The van der Waals surface area contributed by atoms with Crippen LogP contribution in [-0.2, 0) is 50.7 Å². The predicted molar refractivity (Wildman–Crippen MR) is 201 cm³/mol. The van der Waals surface area contributed by atoms with E-state index in [1.54, 1.807) is 0 Å². The molecule has 8 atom stereocenters. The number of hydrogen-bond donors (Lipinski definition) is 5. The van der Waals surface area contributed by atoms with E-state index in [2.05, 4.69) is 50.4 Å². The summed E-state index contributed by atoms with van der Waals surface area (Å²) in [7, 11) is -17.6. The monoisotopic (exact) mass is 917 g/mol. The fourth-order valence-electron chi connectivity index (χ4n) is 5.64. The van der Waals surface area contributed by atoms with Crippen molar-refractivity contribution in [3.63, 3.8) is 0 Å². The Balaban J connectivity index is 1.43. The van der Waals surface area contributed by atoms with Gasteiger partial charge in [-0.15, -0.1) is 0 Å². The van der Waals surface area contributed by atoms with Gasteiger partial charge in [-0.2, -0.15) is 0 Å². The molecule has 2 amide bonds. The number of aliphatic hydroxyl groups excluding tert-OH is 2. The van der Waals surface area contributed by atoms with E-state index in [-0.39, 0.29) is 47.5 Å². The molecule has 3 rings (SSSR count). The Hall–Kier alpha value is -2.44. The smallest absolute Gasteiger partial charge is 0.274 e. The summed E-state index contributed by atoms with van der Waals surface area (Å²) in [6, 6.07) is 0. The third-order valence-corrected chi connectivity index (χ3v) is 12.7. The lowest BCUT2D eigenvalue weighted by Crippen LogP contribution is -2.46. The van der Waals surface area contributed by atoms with Crippen LogP contribution in [0.15, 0.2) is 12.7 Å². The third kappa shape index (κ3) is 16.7. The number of phosphoric ester groups is 3. The number of aliphatic hydroxyl groups is 2. The van der Waals surface area contributed by atoms with Crippen molar-refractivity contribution >= 4 is 69.1 Å². The molecule has 24 nitrogen and oxygen atoms in total. The average molecular weight is 918 g/mol. The number of aromatic nitrogens is 4. The maximum absolute atomic E-state index is 12.6. The molecular weight excluding hydrogens is 867 g/mol. The number of fused-ring (bicyclic) bond motifs is 1. The largest absolute Gasteiger partial charge is 0.790 e. The van der Waals surface area contributed by atoms with Crippen LogP contribution in [0.3, 0.4) is 0 Å². The number of ether oxygens (including phenoxy) is 1. The van der Waals surface area contributed by atoms with Gasteiger partial charge in [0.25, 0.3) is 15.6 Å². The van der Waals surface area contributed by atoms with Gasteiger partial charge in [0, 0.05) is 37.1 Å². The number of anilines is 1. The molecule has 0 saturated carbocycles. The lowest BCUT2D eigenvalue weighted by atomic mass is 9.87. The number of nitrogens with one attached hydrogen (secondary N) is 2. The molecule has 0 aromatic carbocycles. The minimum atomic E-state index is -5.91. The first-order valence-corrected chi connectivity index (χ1v) is 23.8. The van der Waals surface area contributed by atoms with Gasteiger partial charge in [0.05, 0.1) is 27.4 Å². The minimum absolute atomic E-state index is 0.0194. The molecule has 2 aromatic rings. The van der Waals surface area contributed by atoms with Gasteiger partial charge in [-0.1, -0.05) is 71.6 Å². The molecule has 336 valence electrons. The van der Waals surface area contributed by atoms with E-state index < -0.39 is 84.6 Å². The number of imidazole rings is 1. The molecule has 28 heteroatoms. The first-order chi connectivity index (χ1) is 27.4. The van der Waals surface area contributed by atoms with E-state index in [0.717, 1.165) is 54.7 Å². The topological polar surface area (TPSA) is 375 Å². The van der Waals surface area contributed by atoms with Crippen molar-refractivity contribution in [2.24, 2.45) is 11.3 Å². The molecule has 0 radical (unpaired) electrons. The number of hydrogen-bond acceptors (Lipinski definition) is 22. The number of unbranched alkanes of at least 4 members (excludes halogenated alkanes) is 3. The highest BCUT2D eigenvalue weighted by molar-refractivity contribution is 8.13. The number of phosphoric acid groups is 3. The first kappa shape index (κ1) is 50.9. The molecule has 2 aromatic heterocycles. The highest BCUT2D eigenvalue weighted by atomic mass is 32.2. The zero-order chi connectivity index (χ0) is 44.2. The van der Waals surface area contributed by atoms with E-state index in [4.69, 9.17) is 10.5 Å². The van der Waals surface area contributed by atoms with E-state index in [9.17, 15) is 57.9 Å². The Morgan fingerprint density at radius 3 is 2.42 bits per heavy atom. The fraction of sp³-hybridized carbons (Fsp3) is 0.742. The SMILES string of the molecule is CCCCCCC(C)CC(=O)SCCNC(=O)CCNC(=O)[C@H](O)C(C)(C)COP(=O)([O-])OP(=O)([O-])OC[C@H]1O[C@@H](n2cnc3c(N)ncnc32)[C@H](O)[C@@H]1OP(=O)([O-])[O-]. The Kier molecular flexibility index (Phi) is 19.5. The Bertz CT molecular complexity index is 1870. The number of rotatable bonds is 26. The number of nitrogen functional groups attached to an aromatic ring is 1. The lowest BCUT2D eigenvalue weighted by Gasteiger charge is -2.36. The van der Waals surface area contributed by atoms with Crippen LogP contribution >= 0.6 is 35.2 Å². The van der Waals surface area contributed by atoms with Crippen molar-refractivity contribution in [1.82, 2.24) is 30.2 Å². The number of thioether (sulfide) groups is 1. The normalized spacial score (nSPS) is 21.7. The predicted octanol–water partition coefficient (Wildman–Crippen LogP) is -0.867. The number of carbonyl (C=O) groups excluding carboxylic acids is 3. The fourth-order valence-corrected chi connectivity index (χ4v) is 9.21. The van der Waals surface area contributed by atoms with Crippen molar-refractivity contribution in [2.45, 2.75) is 103 Å². The molecule has 3 heterocycles. The molecule has 1 aliphatic rings. The molecule has 0 spiro atoms. The van der Waals surface area contributed by atoms with Gasteiger partial charge in [0.15, 0.2) is 22.8 Å². The van der Waals surface area contributed by atoms with Crippen LogP contribution in [0.5, 0.6) is 0 Å². The molecule has 3 unspecified atom stereocenters. The second-order valence-electron chi connectivity index (χ2n) is 14.4. The number of nitrogens with zero attached hydrogens (tertiary/aromatic N) is 4. The molecule has 1 fully saturated rings. The van der Waals surface area contributed by atoms with Gasteiger partial charge in [-0.25, -0.2) is 19.3 Å². The van der Waals surface area contributed by atoms with Gasteiger partial charge >= 0.3 is 0 Å². The van der Waals surface area contributed by atoms with Crippen molar-refractivity contribution in [3.05, 3.63) is 12.7 Å². The summed E-state index contributed by atoms with van der Waals surface area (Å²) in [6.45, 7) is 4.33. The van der Waals surface area contributed by atoms with Crippen LogP contribution in [0.4, 0.5) is 5.82 Å². The average Bonchev–Trinajstić information content (AvgIpc) is 3.70. The van der Waals surface area contributed by atoms with Crippen molar-refractivity contribution in [1.29, 1.82) is 0 Å². The van der Waals surface area contributed by atoms with Crippen LogP contribution < -0.4 is 35.9 Å². The molecule has 1 aliphatic heterocycles. The molecule has 59 heavy (non-hydrogen) atoms. The molecule has 1 saturated heterocycles. The van der Waals surface area contributed by atoms with E-state index in [1.807, 2.05) is 6.92 Å². The Labute approximate surface area is 344 Å². The molecule has 0 bridgehead atoms. The maximum Gasteiger partial charge on any atom is 0.274 e. The first-order valence-electron chi connectivity index (χ1n) is 18.4. The summed E-state index contributed by atoms with van der Waals surface area (Å²) < 4.78 is 60.6. The quantitative estimate of drug-likeness (QED) is 0.0566. The number of carbonyl (C=O) groups is 3. The highest BCUT2D eigenvalue weighted by Gasteiger charge is 2.47. The summed E-state index contributed by atoms with van der Waals surface area (Å²) in [4.78, 5) is 96.5.